The molecule has 1 aromatic rings. The smallest absolute Gasteiger partial charge is 0.352 e. The highest BCUT2D eigenvalue weighted by atomic mass is 32.2. The van der Waals surface area contributed by atoms with Gasteiger partial charge in [0.2, 0.25) is 5.91 Å². The van der Waals surface area contributed by atoms with Crippen molar-refractivity contribution in [1.82, 2.24) is 10.3 Å². The number of thioether (sulfide) groups is 1. The first-order valence-corrected chi connectivity index (χ1v) is 9.76. The van der Waals surface area contributed by atoms with Crippen LogP contribution in [-0.4, -0.2) is 38.8 Å². The molecule has 27 heavy (non-hydrogen) atoms. The zero-order chi connectivity index (χ0) is 20.0. The van der Waals surface area contributed by atoms with Crippen molar-refractivity contribution in [3.8, 4) is 0 Å². The predicted octanol–water partition coefficient (Wildman–Crippen LogP) is 3.17. The Kier molecular flexibility index (Phi) is 7.01. The topological polar surface area (TPSA) is 117 Å². The van der Waals surface area contributed by atoms with Crippen molar-refractivity contribution < 1.29 is 24.6 Å². The van der Waals surface area contributed by atoms with E-state index in [2.05, 4.69) is 10.3 Å². The first kappa shape index (κ1) is 21.0. The van der Waals surface area contributed by atoms with Gasteiger partial charge in [-0.15, -0.1) is 11.8 Å². The van der Waals surface area contributed by atoms with Crippen molar-refractivity contribution in [2.24, 2.45) is 11.3 Å². The van der Waals surface area contributed by atoms with Gasteiger partial charge in [0.05, 0.1) is 10.6 Å². The van der Waals surface area contributed by atoms with Crippen LogP contribution in [0.15, 0.2) is 35.1 Å². The van der Waals surface area contributed by atoms with Crippen LogP contribution in [0.2, 0.25) is 0 Å². The SMILES string of the molecule is CC1(C)CC1C(=O)N/C(=C\CCCCSc1ccc(C(=O)O)cn1)C(=O)O. The fraction of sp³-hybridized carbons (Fsp3) is 0.474. The number of carbonyl (C=O) groups is 3. The third-order valence-corrected chi connectivity index (χ3v) is 5.53. The van der Waals surface area contributed by atoms with E-state index in [0.717, 1.165) is 30.0 Å². The summed E-state index contributed by atoms with van der Waals surface area (Å²) in [6.45, 7) is 3.98. The molecule has 8 heteroatoms. The molecule has 1 aliphatic rings. The molecule has 1 unspecified atom stereocenters. The van der Waals surface area contributed by atoms with Crippen molar-refractivity contribution in [2.45, 2.75) is 44.6 Å². The Morgan fingerprint density at radius 3 is 2.52 bits per heavy atom. The van der Waals surface area contributed by atoms with Crippen LogP contribution in [0.25, 0.3) is 0 Å². The number of nitrogens with zero attached hydrogens (tertiary/aromatic N) is 1. The van der Waals surface area contributed by atoms with Crippen molar-refractivity contribution in [3.05, 3.63) is 35.7 Å². The minimum absolute atomic E-state index is 0.0401. The number of unbranched alkanes of at least 4 members (excludes halogenated alkanes) is 2. The summed E-state index contributed by atoms with van der Waals surface area (Å²) in [5.74, 6) is -1.67. The number of nitrogens with one attached hydrogen (secondary N) is 1. The van der Waals surface area contributed by atoms with Gasteiger partial charge in [-0.05, 0) is 49.0 Å². The first-order valence-electron chi connectivity index (χ1n) is 8.77. The van der Waals surface area contributed by atoms with E-state index in [-0.39, 0.29) is 28.5 Å². The van der Waals surface area contributed by atoms with Gasteiger partial charge in [0.15, 0.2) is 0 Å². The number of carbonyl (C=O) groups excluding carboxylic acids is 1. The van der Waals surface area contributed by atoms with Crippen molar-refractivity contribution in [1.29, 1.82) is 0 Å². The molecule has 2 rings (SSSR count). The minimum Gasteiger partial charge on any atom is -0.478 e. The van der Waals surface area contributed by atoms with E-state index in [0.29, 0.717) is 6.42 Å². The van der Waals surface area contributed by atoms with Crippen LogP contribution in [0.5, 0.6) is 0 Å². The molecule has 1 fully saturated rings. The summed E-state index contributed by atoms with van der Waals surface area (Å²) >= 11 is 1.52. The summed E-state index contributed by atoms with van der Waals surface area (Å²) < 4.78 is 0. The lowest BCUT2D eigenvalue weighted by atomic mass is 10.1. The van der Waals surface area contributed by atoms with Crippen LogP contribution < -0.4 is 5.32 Å². The summed E-state index contributed by atoms with van der Waals surface area (Å²) in [6, 6.07) is 3.19. The highest BCUT2D eigenvalue weighted by Crippen LogP contribution is 2.51. The average Bonchev–Trinajstić information content (AvgIpc) is 3.25. The molecule has 1 amide bonds. The molecule has 0 bridgehead atoms. The second-order valence-corrected chi connectivity index (χ2v) is 8.31. The quantitative estimate of drug-likeness (QED) is 0.318. The number of carboxylic acid groups (broad SMARTS) is 2. The highest BCUT2D eigenvalue weighted by molar-refractivity contribution is 7.99. The van der Waals surface area contributed by atoms with Gasteiger partial charge in [-0.3, -0.25) is 4.79 Å². The summed E-state index contributed by atoms with van der Waals surface area (Å²) in [5.41, 5.74) is 0.0605. The zero-order valence-electron chi connectivity index (χ0n) is 15.4. The van der Waals surface area contributed by atoms with Crippen LogP contribution in [-0.2, 0) is 9.59 Å². The van der Waals surface area contributed by atoms with E-state index in [1.165, 1.54) is 24.0 Å². The van der Waals surface area contributed by atoms with Crippen LogP contribution >= 0.6 is 11.8 Å². The molecular formula is C19H24N2O5S. The number of hydrogen-bond acceptors (Lipinski definition) is 5. The number of pyridine rings is 1. The van der Waals surface area contributed by atoms with E-state index in [9.17, 15) is 19.5 Å². The van der Waals surface area contributed by atoms with Crippen LogP contribution in [0.4, 0.5) is 0 Å². The van der Waals surface area contributed by atoms with Gasteiger partial charge in [-0.2, -0.15) is 0 Å². The molecule has 1 saturated carbocycles. The number of amides is 1. The van der Waals surface area contributed by atoms with E-state index < -0.39 is 11.9 Å². The van der Waals surface area contributed by atoms with E-state index >= 15 is 0 Å². The Hall–Kier alpha value is -2.35. The number of allylic oxidation sites excluding steroid dienone is 1. The lowest BCUT2D eigenvalue weighted by Crippen LogP contribution is -2.29. The molecule has 7 nitrogen and oxygen atoms in total. The molecular weight excluding hydrogens is 368 g/mol. The maximum Gasteiger partial charge on any atom is 0.352 e. The van der Waals surface area contributed by atoms with E-state index in [1.807, 2.05) is 13.8 Å². The largest absolute Gasteiger partial charge is 0.478 e. The third-order valence-electron chi connectivity index (χ3n) is 4.50. The zero-order valence-corrected chi connectivity index (χ0v) is 16.2. The van der Waals surface area contributed by atoms with Gasteiger partial charge in [0, 0.05) is 12.1 Å². The molecule has 1 heterocycles. The maximum absolute atomic E-state index is 12.0. The summed E-state index contributed by atoms with van der Waals surface area (Å²) in [4.78, 5) is 38.2. The summed E-state index contributed by atoms with van der Waals surface area (Å²) in [6.07, 6.45) is 5.85. The van der Waals surface area contributed by atoms with Crippen LogP contribution in [0.1, 0.15) is 49.9 Å². The van der Waals surface area contributed by atoms with E-state index in [4.69, 9.17) is 5.11 Å². The Labute approximate surface area is 162 Å². The molecule has 0 radical (unpaired) electrons. The number of aromatic carboxylic acids is 1. The Morgan fingerprint density at radius 2 is 2.00 bits per heavy atom. The van der Waals surface area contributed by atoms with Gasteiger partial charge in [-0.25, -0.2) is 14.6 Å². The molecule has 1 aliphatic carbocycles. The fourth-order valence-electron chi connectivity index (χ4n) is 2.59. The Bertz CT molecular complexity index is 743. The molecule has 146 valence electrons. The standard InChI is InChI=1S/C19H24N2O5S/c1-19(2)10-13(19)16(22)21-14(18(25)26)6-4-3-5-9-27-15-8-7-12(11-20-15)17(23)24/h6-8,11,13H,3-5,9-10H2,1-2H3,(H,21,22)(H,23,24)(H,25,26)/b14-6-. The second kappa shape index (κ2) is 9.03. The number of carboxylic acids is 2. The molecule has 1 aromatic heterocycles. The lowest BCUT2D eigenvalue weighted by molar-refractivity contribution is -0.135. The van der Waals surface area contributed by atoms with Gasteiger partial charge >= 0.3 is 11.9 Å². The lowest BCUT2D eigenvalue weighted by Gasteiger charge is -2.07. The molecule has 3 N–H and O–H groups in total. The van der Waals surface area contributed by atoms with Gasteiger partial charge in [0.25, 0.3) is 0 Å². The number of aromatic nitrogens is 1. The first-order chi connectivity index (χ1) is 12.7. The second-order valence-electron chi connectivity index (χ2n) is 7.19. The maximum atomic E-state index is 12.0. The molecule has 0 aliphatic heterocycles. The Morgan fingerprint density at radius 1 is 1.30 bits per heavy atom. The van der Waals surface area contributed by atoms with Crippen molar-refractivity contribution in [2.75, 3.05) is 5.75 Å². The summed E-state index contributed by atoms with van der Waals surface area (Å²) in [5, 5.41) is 21.3. The number of hydrogen-bond donors (Lipinski definition) is 3. The van der Waals surface area contributed by atoms with Crippen molar-refractivity contribution in [3.63, 3.8) is 0 Å². The van der Waals surface area contributed by atoms with Gasteiger partial charge in [-0.1, -0.05) is 19.9 Å². The molecule has 1 atom stereocenters. The van der Waals surface area contributed by atoms with Crippen molar-refractivity contribution >= 4 is 29.6 Å². The number of aliphatic carboxylic acids is 1. The number of rotatable bonds is 10. The minimum atomic E-state index is -1.13. The fourth-order valence-corrected chi connectivity index (χ4v) is 3.44. The normalized spacial score (nSPS) is 18.0. The molecule has 0 saturated heterocycles. The van der Waals surface area contributed by atoms with Crippen LogP contribution in [0.3, 0.4) is 0 Å². The average molecular weight is 392 g/mol. The van der Waals surface area contributed by atoms with Crippen LogP contribution in [0, 0.1) is 11.3 Å². The van der Waals surface area contributed by atoms with Gasteiger partial charge < -0.3 is 15.5 Å². The third kappa shape index (κ3) is 6.39. The Balaban J connectivity index is 1.70. The monoisotopic (exact) mass is 392 g/mol. The molecule has 0 spiro atoms. The highest BCUT2D eigenvalue weighted by Gasteiger charge is 2.50. The predicted molar refractivity (Wildman–Crippen MR) is 102 cm³/mol. The van der Waals surface area contributed by atoms with E-state index in [1.54, 1.807) is 12.1 Å². The molecule has 0 aromatic carbocycles. The summed E-state index contributed by atoms with van der Waals surface area (Å²) in [7, 11) is 0. The van der Waals surface area contributed by atoms with Gasteiger partial charge in [0.1, 0.15) is 5.70 Å².